The number of pyridine rings is 1. The average Bonchev–Trinajstić information content (AvgIpc) is 3.28. The van der Waals surface area contributed by atoms with E-state index in [0.29, 0.717) is 11.7 Å². The first-order valence-electron chi connectivity index (χ1n) is 10.0. The van der Waals surface area contributed by atoms with E-state index < -0.39 is 0 Å². The maximum absolute atomic E-state index is 12.9. The quantitative estimate of drug-likeness (QED) is 0.898. The van der Waals surface area contributed by atoms with Crippen LogP contribution >= 0.6 is 0 Å². The molecule has 0 bridgehead atoms. The van der Waals surface area contributed by atoms with Crippen molar-refractivity contribution >= 4 is 11.7 Å². The van der Waals surface area contributed by atoms with Crippen molar-refractivity contribution in [3.05, 3.63) is 36.3 Å². The number of hydrogen-bond acceptors (Lipinski definition) is 5. The van der Waals surface area contributed by atoms with Gasteiger partial charge in [0.25, 0.3) is 0 Å². The van der Waals surface area contributed by atoms with Crippen molar-refractivity contribution in [1.29, 1.82) is 0 Å². The third-order valence-corrected chi connectivity index (χ3v) is 5.78. The van der Waals surface area contributed by atoms with Crippen molar-refractivity contribution in [2.45, 2.75) is 44.4 Å². The molecule has 2 aliphatic rings. The molecule has 1 saturated carbocycles. The fourth-order valence-corrected chi connectivity index (χ4v) is 4.28. The normalized spacial score (nSPS) is 20.6. The third-order valence-electron chi connectivity index (χ3n) is 5.78. The van der Waals surface area contributed by atoms with Gasteiger partial charge in [-0.2, -0.15) is 0 Å². The first kappa shape index (κ1) is 17.9. The van der Waals surface area contributed by atoms with Crippen molar-refractivity contribution in [2.75, 3.05) is 25.5 Å². The lowest BCUT2D eigenvalue weighted by Crippen LogP contribution is -2.42. The predicted molar refractivity (Wildman–Crippen MR) is 105 cm³/mol. The van der Waals surface area contributed by atoms with Gasteiger partial charge in [-0.05, 0) is 37.8 Å². The van der Waals surface area contributed by atoms with Gasteiger partial charge in [0.1, 0.15) is 5.82 Å². The number of carbonyl (C=O) groups is 1. The lowest BCUT2D eigenvalue weighted by atomic mass is 9.93. The minimum Gasteiger partial charge on any atom is -0.373 e. The number of hydrogen-bond donors (Lipinski definition) is 1. The van der Waals surface area contributed by atoms with Crippen molar-refractivity contribution < 1.29 is 4.79 Å². The number of likely N-dealkylation sites (tertiary alicyclic amines) is 1. The van der Waals surface area contributed by atoms with E-state index in [2.05, 4.69) is 20.2 Å². The molecule has 6 heteroatoms. The Hall–Kier alpha value is -2.50. The highest BCUT2D eigenvalue weighted by Crippen LogP contribution is 2.32. The second-order valence-corrected chi connectivity index (χ2v) is 7.60. The number of carbonyl (C=O) groups excluding carboxylic acids is 1. The molecule has 4 rings (SSSR count). The van der Waals surface area contributed by atoms with E-state index in [9.17, 15) is 4.79 Å². The van der Waals surface area contributed by atoms with Gasteiger partial charge in [0.2, 0.25) is 5.91 Å². The summed E-state index contributed by atoms with van der Waals surface area (Å²) in [5, 5.41) is 3.14. The number of nitrogens with one attached hydrogen (secondary N) is 1. The maximum atomic E-state index is 12.9. The second-order valence-electron chi connectivity index (χ2n) is 7.60. The van der Waals surface area contributed by atoms with Crippen molar-refractivity contribution in [1.82, 2.24) is 19.9 Å². The topological polar surface area (TPSA) is 71.0 Å². The summed E-state index contributed by atoms with van der Waals surface area (Å²) in [6.45, 7) is 1.65. The molecule has 0 aromatic carbocycles. The van der Waals surface area contributed by atoms with E-state index in [1.165, 1.54) is 12.8 Å². The molecule has 1 saturated heterocycles. The zero-order chi connectivity index (χ0) is 18.6. The van der Waals surface area contributed by atoms with Crippen LogP contribution in [0.15, 0.2) is 30.6 Å². The summed E-state index contributed by atoms with van der Waals surface area (Å²) in [6.07, 6.45) is 10.1. The van der Waals surface area contributed by atoms with Gasteiger partial charge in [-0.3, -0.25) is 9.78 Å². The summed E-state index contributed by atoms with van der Waals surface area (Å²) in [4.78, 5) is 28.6. The summed E-state index contributed by atoms with van der Waals surface area (Å²) in [5.41, 5.74) is 1.92. The highest BCUT2D eigenvalue weighted by Gasteiger charge is 2.31. The Balaban J connectivity index is 1.57. The van der Waals surface area contributed by atoms with Crippen LogP contribution in [0.25, 0.3) is 11.4 Å². The van der Waals surface area contributed by atoms with Crippen LogP contribution in [-0.2, 0) is 4.79 Å². The summed E-state index contributed by atoms with van der Waals surface area (Å²) in [6, 6.07) is 5.89. The molecule has 0 unspecified atom stereocenters. The van der Waals surface area contributed by atoms with Crippen LogP contribution in [0.1, 0.15) is 50.1 Å². The van der Waals surface area contributed by atoms with Crippen molar-refractivity contribution in [3.8, 4) is 11.4 Å². The molecule has 1 N–H and O–H groups in total. The molecule has 142 valence electrons. The number of anilines is 1. The molecular weight excluding hydrogens is 338 g/mol. The van der Waals surface area contributed by atoms with Crippen molar-refractivity contribution in [3.63, 3.8) is 0 Å². The van der Waals surface area contributed by atoms with Gasteiger partial charge in [0, 0.05) is 56.0 Å². The summed E-state index contributed by atoms with van der Waals surface area (Å²) < 4.78 is 0. The monoisotopic (exact) mass is 365 g/mol. The first-order valence-corrected chi connectivity index (χ1v) is 10.0. The van der Waals surface area contributed by atoms with Gasteiger partial charge < -0.3 is 10.2 Å². The molecule has 6 nitrogen and oxygen atoms in total. The Morgan fingerprint density at radius 2 is 2.04 bits per heavy atom. The molecule has 1 aliphatic heterocycles. The van der Waals surface area contributed by atoms with E-state index in [1.807, 2.05) is 25.2 Å². The minimum atomic E-state index is 0.243. The van der Waals surface area contributed by atoms with Crippen LogP contribution in [-0.4, -0.2) is 45.9 Å². The Labute approximate surface area is 160 Å². The molecular formula is C21H27N5O. The molecule has 2 fully saturated rings. The molecule has 0 radical (unpaired) electrons. The fraction of sp³-hybridized carbons (Fsp3) is 0.524. The Morgan fingerprint density at radius 3 is 2.78 bits per heavy atom. The smallest absolute Gasteiger partial charge is 0.225 e. The largest absolute Gasteiger partial charge is 0.373 e. The average molecular weight is 365 g/mol. The Morgan fingerprint density at radius 1 is 1.19 bits per heavy atom. The van der Waals surface area contributed by atoms with Crippen molar-refractivity contribution in [2.24, 2.45) is 5.92 Å². The molecule has 3 heterocycles. The van der Waals surface area contributed by atoms with E-state index in [1.54, 1.807) is 12.4 Å². The predicted octanol–water partition coefficient (Wildman–Crippen LogP) is 3.48. The molecule has 1 atom stereocenters. The molecule has 2 aromatic rings. The maximum Gasteiger partial charge on any atom is 0.225 e. The highest BCUT2D eigenvalue weighted by atomic mass is 16.2. The van der Waals surface area contributed by atoms with Crippen LogP contribution in [0.3, 0.4) is 0 Å². The summed E-state index contributed by atoms with van der Waals surface area (Å²) in [5.74, 6) is 2.34. The Bertz CT molecular complexity index is 788. The standard InChI is InChI=1S/C21H27N5O/c1-22-19-12-18(24-20(25-19)16-8-4-10-23-13-16)17-9-5-11-26(14-17)21(27)15-6-2-3-7-15/h4,8,10,12-13,15,17H,2-3,5-7,9,11,14H2,1H3,(H,22,24,25)/t17-/m0/s1. The van der Waals surface area contributed by atoms with Gasteiger partial charge in [-0.15, -0.1) is 0 Å². The summed E-state index contributed by atoms with van der Waals surface area (Å²) >= 11 is 0. The molecule has 27 heavy (non-hydrogen) atoms. The number of rotatable bonds is 4. The number of amides is 1. The first-order chi connectivity index (χ1) is 13.2. The zero-order valence-corrected chi connectivity index (χ0v) is 15.9. The zero-order valence-electron chi connectivity index (χ0n) is 15.9. The van der Waals surface area contributed by atoms with Crippen LogP contribution in [0.2, 0.25) is 0 Å². The molecule has 0 spiro atoms. The second kappa shape index (κ2) is 8.03. The lowest BCUT2D eigenvalue weighted by Gasteiger charge is -2.34. The van der Waals surface area contributed by atoms with Gasteiger partial charge in [0.15, 0.2) is 5.82 Å². The Kier molecular flexibility index (Phi) is 5.32. The molecule has 2 aromatic heterocycles. The van der Waals surface area contributed by atoms with Gasteiger partial charge in [-0.1, -0.05) is 12.8 Å². The number of piperidine rings is 1. The van der Waals surface area contributed by atoms with Crippen LogP contribution in [0, 0.1) is 5.92 Å². The van der Waals surface area contributed by atoms with Gasteiger partial charge >= 0.3 is 0 Å². The van der Waals surface area contributed by atoms with Crippen LogP contribution in [0.4, 0.5) is 5.82 Å². The van der Waals surface area contributed by atoms with E-state index in [-0.39, 0.29) is 11.8 Å². The highest BCUT2D eigenvalue weighted by molar-refractivity contribution is 5.79. The lowest BCUT2D eigenvalue weighted by molar-refractivity contribution is -0.136. The van der Waals surface area contributed by atoms with E-state index in [0.717, 1.165) is 55.8 Å². The van der Waals surface area contributed by atoms with Gasteiger partial charge in [-0.25, -0.2) is 9.97 Å². The molecule has 1 amide bonds. The SMILES string of the molecule is CNc1cc([C@H]2CCCN(C(=O)C3CCCC3)C2)nc(-c2cccnc2)n1. The number of aromatic nitrogens is 3. The summed E-state index contributed by atoms with van der Waals surface area (Å²) in [7, 11) is 1.87. The van der Waals surface area contributed by atoms with Crippen LogP contribution < -0.4 is 5.32 Å². The fourth-order valence-electron chi connectivity index (χ4n) is 4.28. The van der Waals surface area contributed by atoms with Crippen LogP contribution in [0.5, 0.6) is 0 Å². The van der Waals surface area contributed by atoms with E-state index >= 15 is 0 Å². The minimum absolute atomic E-state index is 0.243. The number of nitrogens with zero attached hydrogens (tertiary/aromatic N) is 4. The van der Waals surface area contributed by atoms with Gasteiger partial charge in [0.05, 0.1) is 5.69 Å². The molecule has 1 aliphatic carbocycles. The third kappa shape index (κ3) is 3.94. The van der Waals surface area contributed by atoms with E-state index in [4.69, 9.17) is 4.98 Å².